The first-order valence-electron chi connectivity index (χ1n) is 6.53. The number of nitrogens with one attached hydrogen (secondary N) is 1. The zero-order valence-corrected chi connectivity index (χ0v) is 11.9. The molecule has 1 amide bonds. The lowest BCUT2D eigenvalue weighted by atomic mass is 10.1. The van der Waals surface area contributed by atoms with Crippen LogP contribution in [0.1, 0.15) is 22.8 Å². The van der Waals surface area contributed by atoms with E-state index in [-0.39, 0.29) is 12.5 Å². The molecule has 1 rings (SSSR count). The van der Waals surface area contributed by atoms with Crippen LogP contribution in [-0.2, 0) is 0 Å². The number of carbonyl (C=O) groups is 1. The van der Waals surface area contributed by atoms with Gasteiger partial charge < -0.3 is 16.0 Å². The fourth-order valence-electron chi connectivity index (χ4n) is 1.58. The number of nitrogens with two attached hydrogens (primary N) is 1. The first-order chi connectivity index (χ1) is 9.58. The Morgan fingerprint density at radius 3 is 2.90 bits per heavy atom. The smallest absolute Gasteiger partial charge is 0.252 e. The number of benzene rings is 1. The van der Waals surface area contributed by atoms with Gasteiger partial charge >= 0.3 is 0 Å². The van der Waals surface area contributed by atoms with Gasteiger partial charge in [0.25, 0.3) is 5.91 Å². The maximum absolute atomic E-state index is 13.2. The summed E-state index contributed by atoms with van der Waals surface area (Å²) in [5.41, 5.74) is 6.02. The largest absolute Gasteiger partial charge is 0.351 e. The molecule has 1 aromatic carbocycles. The summed E-state index contributed by atoms with van der Waals surface area (Å²) < 4.78 is 13.2. The van der Waals surface area contributed by atoms with Crippen LogP contribution < -0.4 is 11.1 Å². The number of nitrogens with zero attached hydrogens (tertiary/aromatic N) is 1. The number of hydrogen-bond acceptors (Lipinski definition) is 3. The first-order valence-corrected chi connectivity index (χ1v) is 6.53. The summed E-state index contributed by atoms with van der Waals surface area (Å²) in [5, 5.41) is 2.80. The van der Waals surface area contributed by atoms with Crippen molar-refractivity contribution in [3.63, 3.8) is 0 Å². The molecule has 0 aliphatic heterocycles. The summed E-state index contributed by atoms with van der Waals surface area (Å²) in [6.45, 7) is 4.42. The Bertz CT molecular complexity index is 520. The van der Waals surface area contributed by atoms with Gasteiger partial charge in [-0.1, -0.05) is 18.8 Å². The zero-order chi connectivity index (χ0) is 15.0. The van der Waals surface area contributed by atoms with Crippen molar-refractivity contribution in [2.24, 2.45) is 5.73 Å². The monoisotopic (exact) mass is 277 g/mol. The highest BCUT2D eigenvalue weighted by molar-refractivity contribution is 5.96. The van der Waals surface area contributed by atoms with Crippen LogP contribution in [0, 0.1) is 17.7 Å². The molecule has 0 aliphatic carbocycles. The molecule has 0 atom stereocenters. The third-order valence-electron chi connectivity index (χ3n) is 2.87. The van der Waals surface area contributed by atoms with Crippen molar-refractivity contribution >= 4 is 5.91 Å². The summed E-state index contributed by atoms with van der Waals surface area (Å²) in [6, 6.07) is 3.94. The van der Waals surface area contributed by atoms with E-state index < -0.39 is 5.82 Å². The van der Waals surface area contributed by atoms with Crippen LogP contribution in [0.15, 0.2) is 18.2 Å². The first kappa shape index (κ1) is 16.2. The number of rotatable bonds is 5. The molecule has 0 saturated carbocycles. The van der Waals surface area contributed by atoms with Crippen molar-refractivity contribution in [3.05, 3.63) is 35.1 Å². The van der Waals surface area contributed by atoms with Crippen LogP contribution in [0.25, 0.3) is 0 Å². The second-order valence-electron chi connectivity index (χ2n) is 4.35. The van der Waals surface area contributed by atoms with Gasteiger partial charge in [0.1, 0.15) is 5.82 Å². The average Bonchev–Trinajstić information content (AvgIpc) is 2.44. The van der Waals surface area contributed by atoms with Gasteiger partial charge in [-0.15, -0.1) is 0 Å². The summed E-state index contributed by atoms with van der Waals surface area (Å²) in [5.74, 6) is 4.68. The van der Waals surface area contributed by atoms with Gasteiger partial charge in [-0.2, -0.15) is 0 Å². The molecule has 3 N–H and O–H groups in total. The highest BCUT2D eigenvalue weighted by Gasteiger charge is 2.10. The van der Waals surface area contributed by atoms with Gasteiger partial charge in [-0.3, -0.25) is 4.79 Å². The molecular weight excluding hydrogens is 257 g/mol. The molecular formula is C15H20FN3O. The molecule has 0 heterocycles. The molecule has 0 spiro atoms. The van der Waals surface area contributed by atoms with Gasteiger partial charge in [0.15, 0.2) is 0 Å². The average molecular weight is 277 g/mol. The number of amides is 1. The fourth-order valence-corrected chi connectivity index (χ4v) is 1.58. The number of likely N-dealkylation sites (N-methyl/N-ethyl adjacent to an activating group) is 1. The molecule has 0 aliphatic rings. The van der Waals surface area contributed by atoms with Crippen LogP contribution in [-0.4, -0.2) is 44.0 Å². The van der Waals surface area contributed by atoms with Gasteiger partial charge in [0.05, 0.1) is 12.1 Å². The topological polar surface area (TPSA) is 58.4 Å². The molecule has 0 radical (unpaired) electrons. The molecule has 0 aromatic heterocycles. The lowest BCUT2D eigenvalue weighted by Gasteiger charge is -2.14. The SMILES string of the molecule is CCN(C)CCNC(=O)c1ccc(F)cc1C#CCN. The molecule has 5 heteroatoms. The minimum atomic E-state index is -0.423. The number of halogens is 1. The van der Waals surface area contributed by atoms with E-state index in [1.807, 2.05) is 14.0 Å². The molecule has 0 fully saturated rings. The Hall–Kier alpha value is -1.90. The van der Waals surface area contributed by atoms with Crippen molar-refractivity contribution in [2.45, 2.75) is 6.92 Å². The minimum absolute atomic E-state index is 0.166. The van der Waals surface area contributed by atoms with Gasteiger partial charge in [-0.25, -0.2) is 4.39 Å². The standard InChI is InChI=1S/C15H20FN3O/c1-3-19(2)10-9-18-15(20)14-7-6-13(16)11-12(14)5-4-8-17/h6-7,11H,3,8-10,17H2,1-2H3,(H,18,20). The number of hydrogen-bond donors (Lipinski definition) is 2. The van der Waals surface area contributed by atoms with Gasteiger partial charge in [0.2, 0.25) is 0 Å². The van der Waals surface area contributed by atoms with E-state index in [2.05, 4.69) is 22.1 Å². The van der Waals surface area contributed by atoms with E-state index in [1.54, 1.807) is 0 Å². The quantitative estimate of drug-likeness (QED) is 0.783. The van der Waals surface area contributed by atoms with Gasteiger partial charge in [-0.05, 0) is 31.8 Å². The van der Waals surface area contributed by atoms with Crippen LogP contribution in [0.5, 0.6) is 0 Å². The Balaban J connectivity index is 2.76. The molecule has 1 aromatic rings. The third-order valence-corrected chi connectivity index (χ3v) is 2.87. The zero-order valence-electron chi connectivity index (χ0n) is 11.9. The lowest BCUT2D eigenvalue weighted by molar-refractivity contribution is 0.0950. The van der Waals surface area contributed by atoms with Crippen molar-refractivity contribution in [2.75, 3.05) is 33.2 Å². The normalized spacial score (nSPS) is 10.1. The maximum atomic E-state index is 13.2. The summed E-state index contributed by atoms with van der Waals surface area (Å²) in [6.07, 6.45) is 0. The third kappa shape index (κ3) is 5.00. The van der Waals surface area contributed by atoms with Crippen LogP contribution in [0.4, 0.5) is 4.39 Å². The predicted octanol–water partition coefficient (Wildman–Crippen LogP) is 0.817. The van der Waals surface area contributed by atoms with E-state index >= 15 is 0 Å². The van der Waals surface area contributed by atoms with E-state index in [4.69, 9.17) is 5.73 Å². The van der Waals surface area contributed by atoms with Crippen molar-refractivity contribution < 1.29 is 9.18 Å². The Kier molecular flexibility index (Phi) is 6.71. The van der Waals surface area contributed by atoms with E-state index in [0.717, 1.165) is 13.1 Å². The number of carbonyl (C=O) groups excluding carboxylic acids is 1. The van der Waals surface area contributed by atoms with Crippen molar-refractivity contribution in [3.8, 4) is 11.8 Å². The second-order valence-corrected chi connectivity index (χ2v) is 4.35. The highest BCUT2D eigenvalue weighted by atomic mass is 19.1. The molecule has 0 bridgehead atoms. The summed E-state index contributed by atoms with van der Waals surface area (Å²) in [4.78, 5) is 14.1. The van der Waals surface area contributed by atoms with E-state index in [1.165, 1.54) is 18.2 Å². The second kappa shape index (κ2) is 8.31. The summed E-state index contributed by atoms with van der Waals surface area (Å²) >= 11 is 0. The lowest BCUT2D eigenvalue weighted by Crippen LogP contribution is -2.33. The summed E-state index contributed by atoms with van der Waals surface area (Å²) in [7, 11) is 1.97. The van der Waals surface area contributed by atoms with E-state index in [0.29, 0.717) is 17.7 Å². The molecule has 20 heavy (non-hydrogen) atoms. The minimum Gasteiger partial charge on any atom is -0.351 e. The Labute approximate surface area is 119 Å². The van der Waals surface area contributed by atoms with E-state index in [9.17, 15) is 9.18 Å². The molecule has 0 unspecified atom stereocenters. The van der Waals surface area contributed by atoms with Gasteiger partial charge in [0, 0.05) is 18.7 Å². The molecule has 108 valence electrons. The maximum Gasteiger partial charge on any atom is 0.252 e. The van der Waals surface area contributed by atoms with Crippen molar-refractivity contribution in [1.29, 1.82) is 0 Å². The Morgan fingerprint density at radius 2 is 2.25 bits per heavy atom. The molecule has 4 nitrogen and oxygen atoms in total. The van der Waals surface area contributed by atoms with Crippen LogP contribution in [0.3, 0.4) is 0 Å². The highest BCUT2D eigenvalue weighted by Crippen LogP contribution is 2.10. The van der Waals surface area contributed by atoms with Crippen LogP contribution >= 0.6 is 0 Å². The van der Waals surface area contributed by atoms with Crippen LogP contribution in [0.2, 0.25) is 0 Å². The van der Waals surface area contributed by atoms with Crippen molar-refractivity contribution in [1.82, 2.24) is 10.2 Å². The fraction of sp³-hybridized carbons (Fsp3) is 0.400. The Morgan fingerprint density at radius 1 is 1.50 bits per heavy atom. The predicted molar refractivity (Wildman–Crippen MR) is 77.8 cm³/mol. The molecule has 0 saturated heterocycles.